The predicted molar refractivity (Wildman–Crippen MR) is 86.0 cm³/mol. The number of benzene rings is 1. The van der Waals surface area contributed by atoms with E-state index in [0.29, 0.717) is 41.2 Å². The summed E-state index contributed by atoms with van der Waals surface area (Å²) in [7, 11) is 0. The number of aromatic nitrogens is 2. The minimum absolute atomic E-state index is 0.246. The van der Waals surface area contributed by atoms with Crippen molar-refractivity contribution in [2.24, 2.45) is 5.73 Å². The van der Waals surface area contributed by atoms with Crippen LogP contribution >= 0.6 is 22.9 Å². The van der Waals surface area contributed by atoms with Crippen LogP contribution in [0.4, 0.5) is 5.13 Å². The molecule has 3 rings (SSSR count). The van der Waals surface area contributed by atoms with E-state index in [1.807, 2.05) is 12.1 Å². The van der Waals surface area contributed by atoms with E-state index >= 15 is 0 Å². The molecule has 0 saturated carbocycles. The third kappa shape index (κ3) is 3.27. The first-order valence-corrected chi connectivity index (χ1v) is 8.04. The van der Waals surface area contributed by atoms with Gasteiger partial charge in [-0.1, -0.05) is 35.1 Å². The highest BCUT2D eigenvalue weighted by Crippen LogP contribution is 2.29. The van der Waals surface area contributed by atoms with Crippen molar-refractivity contribution in [1.82, 2.24) is 10.2 Å². The zero-order valence-electron chi connectivity index (χ0n) is 11.7. The van der Waals surface area contributed by atoms with E-state index in [9.17, 15) is 4.79 Å². The summed E-state index contributed by atoms with van der Waals surface area (Å²) in [5.41, 5.74) is 6.09. The fourth-order valence-electron chi connectivity index (χ4n) is 2.20. The van der Waals surface area contributed by atoms with Crippen LogP contribution in [-0.2, 0) is 9.53 Å². The monoisotopic (exact) mass is 338 g/mol. The van der Waals surface area contributed by atoms with E-state index in [4.69, 9.17) is 22.1 Å². The second kappa shape index (κ2) is 6.29. The van der Waals surface area contributed by atoms with Crippen molar-refractivity contribution in [1.29, 1.82) is 0 Å². The third-order valence-corrected chi connectivity index (χ3v) is 4.68. The fourth-order valence-corrected chi connectivity index (χ4v) is 3.12. The molecule has 0 unspecified atom stereocenters. The van der Waals surface area contributed by atoms with Gasteiger partial charge in [0.05, 0.1) is 0 Å². The number of carbonyl (C=O) groups is 1. The summed E-state index contributed by atoms with van der Waals surface area (Å²) in [5, 5.41) is 12.6. The minimum Gasteiger partial charge on any atom is -0.381 e. The normalized spacial score (nSPS) is 17.2. The predicted octanol–water partition coefficient (Wildman–Crippen LogP) is 2.30. The van der Waals surface area contributed by atoms with Crippen LogP contribution in [0.3, 0.4) is 0 Å². The Morgan fingerprint density at radius 1 is 1.36 bits per heavy atom. The van der Waals surface area contributed by atoms with E-state index < -0.39 is 5.54 Å². The summed E-state index contributed by atoms with van der Waals surface area (Å²) in [6.07, 6.45) is 0.998. The van der Waals surface area contributed by atoms with Gasteiger partial charge in [-0.15, -0.1) is 10.2 Å². The summed E-state index contributed by atoms with van der Waals surface area (Å²) >= 11 is 7.25. The number of nitrogens with zero attached hydrogens (tertiary/aromatic N) is 2. The van der Waals surface area contributed by atoms with Gasteiger partial charge in [-0.2, -0.15) is 0 Å². The molecule has 116 valence electrons. The zero-order valence-corrected chi connectivity index (χ0v) is 13.3. The molecular formula is C14H15ClN4O2S. The first-order chi connectivity index (χ1) is 10.6. The number of anilines is 1. The lowest BCUT2D eigenvalue weighted by Crippen LogP contribution is -2.54. The molecule has 0 spiro atoms. The molecule has 0 radical (unpaired) electrons. The van der Waals surface area contributed by atoms with Crippen LogP contribution in [0.2, 0.25) is 5.02 Å². The second-order valence-electron chi connectivity index (χ2n) is 5.15. The number of nitrogens with one attached hydrogen (secondary N) is 1. The van der Waals surface area contributed by atoms with Gasteiger partial charge in [0.1, 0.15) is 10.5 Å². The van der Waals surface area contributed by atoms with E-state index in [2.05, 4.69) is 15.5 Å². The number of amides is 1. The van der Waals surface area contributed by atoms with E-state index in [-0.39, 0.29) is 5.91 Å². The number of nitrogens with two attached hydrogens (primary N) is 1. The summed E-state index contributed by atoms with van der Waals surface area (Å²) in [6.45, 7) is 0.988. The van der Waals surface area contributed by atoms with Crippen molar-refractivity contribution in [3.05, 3.63) is 29.3 Å². The molecule has 0 bridgehead atoms. The smallest absolute Gasteiger partial charge is 0.246 e. The van der Waals surface area contributed by atoms with Gasteiger partial charge in [0, 0.05) is 23.8 Å². The largest absolute Gasteiger partial charge is 0.381 e. The topological polar surface area (TPSA) is 90.1 Å². The lowest BCUT2D eigenvalue weighted by atomic mass is 9.90. The van der Waals surface area contributed by atoms with E-state index in [0.717, 1.165) is 5.56 Å². The Kier molecular flexibility index (Phi) is 4.39. The lowest BCUT2D eigenvalue weighted by molar-refractivity contribution is -0.124. The Morgan fingerprint density at radius 3 is 2.86 bits per heavy atom. The number of hydrogen-bond donors (Lipinski definition) is 2. The maximum atomic E-state index is 12.3. The van der Waals surface area contributed by atoms with E-state index in [1.54, 1.807) is 12.1 Å². The highest BCUT2D eigenvalue weighted by Gasteiger charge is 2.36. The Bertz CT molecular complexity index is 685. The summed E-state index contributed by atoms with van der Waals surface area (Å²) < 4.78 is 5.24. The number of rotatable bonds is 3. The Hall–Kier alpha value is -1.54. The molecule has 0 aliphatic carbocycles. The molecule has 1 aliphatic heterocycles. The molecular weight excluding hydrogens is 324 g/mol. The first kappa shape index (κ1) is 15.4. The molecule has 2 heterocycles. The number of ether oxygens (including phenoxy) is 1. The lowest BCUT2D eigenvalue weighted by Gasteiger charge is -2.31. The molecule has 0 atom stereocenters. The van der Waals surface area contributed by atoms with Crippen LogP contribution < -0.4 is 11.1 Å². The SMILES string of the molecule is NC1(C(=O)Nc2nnc(-c3cccc(Cl)c3)s2)CCOCC1. The van der Waals surface area contributed by atoms with Gasteiger partial charge in [0.15, 0.2) is 0 Å². The maximum Gasteiger partial charge on any atom is 0.246 e. The maximum absolute atomic E-state index is 12.3. The number of halogens is 1. The van der Waals surface area contributed by atoms with Crippen molar-refractivity contribution >= 4 is 34.0 Å². The molecule has 3 N–H and O–H groups in total. The minimum atomic E-state index is -0.903. The molecule has 1 amide bonds. The average Bonchev–Trinajstić information content (AvgIpc) is 2.96. The molecule has 1 fully saturated rings. The molecule has 1 saturated heterocycles. The highest BCUT2D eigenvalue weighted by molar-refractivity contribution is 7.18. The summed E-state index contributed by atoms with van der Waals surface area (Å²) in [5.74, 6) is -0.246. The number of carbonyl (C=O) groups excluding carboxylic acids is 1. The molecule has 1 aromatic heterocycles. The third-order valence-electron chi connectivity index (χ3n) is 3.55. The Morgan fingerprint density at radius 2 is 2.14 bits per heavy atom. The van der Waals surface area contributed by atoms with Crippen LogP contribution in [0.1, 0.15) is 12.8 Å². The zero-order chi connectivity index (χ0) is 15.6. The summed E-state index contributed by atoms with van der Waals surface area (Å²) in [4.78, 5) is 12.3. The van der Waals surface area contributed by atoms with Gasteiger partial charge >= 0.3 is 0 Å². The van der Waals surface area contributed by atoms with Crippen LogP contribution in [0.15, 0.2) is 24.3 Å². The molecule has 1 aromatic carbocycles. The molecule has 8 heteroatoms. The van der Waals surface area contributed by atoms with Gasteiger partial charge in [0.25, 0.3) is 0 Å². The van der Waals surface area contributed by atoms with Crippen molar-refractivity contribution in [3.8, 4) is 10.6 Å². The van der Waals surface area contributed by atoms with Gasteiger partial charge in [-0.25, -0.2) is 0 Å². The first-order valence-electron chi connectivity index (χ1n) is 6.84. The fraction of sp³-hybridized carbons (Fsp3) is 0.357. The number of hydrogen-bond acceptors (Lipinski definition) is 6. The average molecular weight is 339 g/mol. The van der Waals surface area contributed by atoms with E-state index in [1.165, 1.54) is 11.3 Å². The molecule has 1 aliphatic rings. The quantitative estimate of drug-likeness (QED) is 0.896. The van der Waals surface area contributed by atoms with Crippen LogP contribution in [0.5, 0.6) is 0 Å². The van der Waals surface area contributed by atoms with Crippen molar-refractivity contribution in [2.75, 3.05) is 18.5 Å². The van der Waals surface area contributed by atoms with Gasteiger partial charge in [0.2, 0.25) is 11.0 Å². The van der Waals surface area contributed by atoms with Crippen molar-refractivity contribution in [2.45, 2.75) is 18.4 Å². The molecule has 22 heavy (non-hydrogen) atoms. The summed E-state index contributed by atoms with van der Waals surface area (Å²) in [6, 6.07) is 7.32. The second-order valence-corrected chi connectivity index (χ2v) is 6.56. The van der Waals surface area contributed by atoms with Crippen LogP contribution in [0.25, 0.3) is 10.6 Å². The highest BCUT2D eigenvalue weighted by atomic mass is 35.5. The van der Waals surface area contributed by atoms with Crippen molar-refractivity contribution < 1.29 is 9.53 Å². The van der Waals surface area contributed by atoms with Gasteiger partial charge < -0.3 is 10.5 Å². The van der Waals surface area contributed by atoms with Gasteiger partial charge in [-0.3, -0.25) is 10.1 Å². The van der Waals surface area contributed by atoms with Crippen LogP contribution in [0, 0.1) is 0 Å². The standard InChI is InChI=1S/C14H15ClN4O2S/c15-10-3-1-2-9(8-10)11-18-19-13(22-11)17-12(20)14(16)4-6-21-7-5-14/h1-3,8H,4-7,16H2,(H,17,19,20). The molecule has 2 aromatic rings. The van der Waals surface area contributed by atoms with Crippen LogP contribution in [-0.4, -0.2) is 34.9 Å². The Balaban J connectivity index is 1.73. The van der Waals surface area contributed by atoms with Crippen molar-refractivity contribution in [3.63, 3.8) is 0 Å². The van der Waals surface area contributed by atoms with Gasteiger partial charge in [-0.05, 0) is 25.0 Å². The molecule has 6 nitrogen and oxygen atoms in total. The Labute approximate surface area is 136 Å².